The van der Waals surface area contributed by atoms with Crippen LogP contribution in [0, 0.1) is 11.6 Å². The molecule has 0 fully saturated rings. The highest BCUT2D eigenvalue weighted by atomic mass is 32.1. The van der Waals surface area contributed by atoms with Crippen molar-refractivity contribution in [3.63, 3.8) is 0 Å². The van der Waals surface area contributed by atoms with Crippen LogP contribution >= 0.6 is 11.3 Å². The number of nitrogens with zero attached hydrogens (tertiary/aromatic N) is 4. The molecule has 10 nitrogen and oxygen atoms in total. The van der Waals surface area contributed by atoms with Gasteiger partial charge >= 0.3 is 6.09 Å². The van der Waals surface area contributed by atoms with Gasteiger partial charge in [-0.25, -0.2) is 23.3 Å². The third-order valence-electron chi connectivity index (χ3n) is 4.56. The minimum Gasteiger partial charge on any atom is -0.491 e. The van der Waals surface area contributed by atoms with Crippen molar-refractivity contribution in [2.24, 2.45) is 0 Å². The molecule has 2 N–H and O–H groups in total. The smallest absolute Gasteiger partial charge is 0.426 e. The number of carbonyl (C=O) groups is 2. The summed E-state index contributed by atoms with van der Waals surface area (Å²) in [6, 6.07) is 3.15. The molecule has 174 valence electrons. The number of pyridine rings is 1. The van der Waals surface area contributed by atoms with Crippen LogP contribution in [0.15, 0.2) is 29.2 Å². The van der Waals surface area contributed by atoms with Crippen LogP contribution in [0.25, 0.3) is 10.6 Å². The van der Waals surface area contributed by atoms with Crippen molar-refractivity contribution in [2.45, 2.75) is 13.3 Å². The SMILES string of the molecule is CCNC(=O)c1c(OC)c(=O)c(-c2nnc(Cc3ccc(F)cc3F)s2)cn1N(C)C(=O)O. The van der Waals surface area contributed by atoms with Crippen LogP contribution in [-0.4, -0.2) is 52.7 Å². The second-order valence-corrected chi connectivity index (χ2v) is 7.74. The number of rotatable bonds is 7. The largest absolute Gasteiger partial charge is 0.491 e. The number of aromatic nitrogens is 3. The Morgan fingerprint density at radius 2 is 2.03 bits per heavy atom. The minimum atomic E-state index is -1.40. The van der Waals surface area contributed by atoms with E-state index in [0.29, 0.717) is 10.0 Å². The molecule has 13 heteroatoms. The number of hydrogen-bond donors (Lipinski definition) is 2. The highest BCUT2D eigenvalue weighted by molar-refractivity contribution is 7.14. The molecule has 0 aliphatic heterocycles. The lowest BCUT2D eigenvalue weighted by Gasteiger charge is -2.23. The molecule has 3 aromatic rings. The quantitative estimate of drug-likeness (QED) is 0.532. The fourth-order valence-corrected chi connectivity index (χ4v) is 3.83. The summed E-state index contributed by atoms with van der Waals surface area (Å²) in [5.41, 5.74) is -0.900. The lowest BCUT2D eigenvalue weighted by Crippen LogP contribution is -2.41. The molecule has 2 amide bonds. The highest BCUT2D eigenvalue weighted by Crippen LogP contribution is 2.27. The standard InChI is InChI=1S/C20H19F2N5O5S/c1-4-23-18(29)15-17(32-3)16(28)12(9-27(15)26(2)20(30)31)19-25-24-14(33-19)7-10-5-6-11(21)8-13(10)22/h5-6,8-9H,4,7H2,1-3H3,(H,23,29)(H,30,31). The maximum absolute atomic E-state index is 14.0. The van der Waals surface area contributed by atoms with Crippen LogP contribution in [0.1, 0.15) is 28.0 Å². The number of benzene rings is 1. The minimum absolute atomic E-state index is 0.00111. The van der Waals surface area contributed by atoms with E-state index in [4.69, 9.17) is 4.74 Å². The van der Waals surface area contributed by atoms with E-state index < -0.39 is 29.1 Å². The molecule has 0 aliphatic carbocycles. The lowest BCUT2D eigenvalue weighted by molar-refractivity contribution is 0.0941. The number of methoxy groups -OCH3 is 1. The monoisotopic (exact) mass is 479 g/mol. The van der Waals surface area contributed by atoms with Crippen LogP contribution < -0.4 is 20.5 Å². The molecule has 0 radical (unpaired) electrons. The van der Waals surface area contributed by atoms with Gasteiger partial charge in [-0.3, -0.25) is 9.59 Å². The first kappa shape index (κ1) is 23.8. The van der Waals surface area contributed by atoms with Crippen molar-refractivity contribution < 1.29 is 28.2 Å². The molecule has 1 aromatic carbocycles. The van der Waals surface area contributed by atoms with Gasteiger partial charge in [-0.1, -0.05) is 17.4 Å². The van der Waals surface area contributed by atoms with Crippen molar-refractivity contribution in [1.29, 1.82) is 0 Å². The van der Waals surface area contributed by atoms with E-state index in [1.54, 1.807) is 6.92 Å². The summed E-state index contributed by atoms with van der Waals surface area (Å²) in [6.45, 7) is 1.89. The zero-order valence-corrected chi connectivity index (χ0v) is 18.6. The van der Waals surface area contributed by atoms with E-state index in [-0.39, 0.29) is 40.5 Å². The Balaban J connectivity index is 2.12. The summed E-state index contributed by atoms with van der Waals surface area (Å²) in [5.74, 6) is -2.55. The molecule has 0 spiro atoms. The van der Waals surface area contributed by atoms with Gasteiger partial charge in [-0.15, -0.1) is 10.2 Å². The predicted molar refractivity (Wildman–Crippen MR) is 115 cm³/mol. The van der Waals surface area contributed by atoms with Crippen molar-refractivity contribution in [2.75, 3.05) is 25.7 Å². The summed E-state index contributed by atoms with van der Waals surface area (Å²) in [7, 11) is 2.36. The molecule has 33 heavy (non-hydrogen) atoms. The fraction of sp³-hybridized carbons (Fsp3) is 0.250. The zero-order valence-electron chi connectivity index (χ0n) is 17.8. The number of halogens is 2. The predicted octanol–water partition coefficient (Wildman–Crippen LogP) is 2.24. The second kappa shape index (κ2) is 9.73. The molecule has 3 rings (SSSR count). The van der Waals surface area contributed by atoms with Crippen molar-refractivity contribution >= 4 is 23.3 Å². The lowest BCUT2D eigenvalue weighted by atomic mass is 10.1. The van der Waals surface area contributed by atoms with Crippen molar-refractivity contribution in [1.82, 2.24) is 20.2 Å². The van der Waals surface area contributed by atoms with Crippen LogP contribution in [0.4, 0.5) is 13.6 Å². The van der Waals surface area contributed by atoms with Gasteiger partial charge in [0.25, 0.3) is 5.91 Å². The number of amides is 2. The molecule has 2 heterocycles. The van der Waals surface area contributed by atoms with Crippen molar-refractivity contribution in [3.8, 4) is 16.3 Å². The number of carboxylic acid groups (broad SMARTS) is 1. The first-order chi connectivity index (χ1) is 15.7. The van der Waals surface area contributed by atoms with Gasteiger partial charge in [0.15, 0.2) is 16.5 Å². The second-order valence-electron chi connectivity index (χ2n) is 6.68. The molecule has 0 aliphatic rings. The van der Waals surface area contributed by atoms with Gasteiger partial charge in [-0.05, 0) is 18.6 Å². The Bertz CT molecular complexity index is 1280. The molecular weight excluding hydrogens is 460 g/mol. The van der Waals surface area contributed by atoms with E-state index >= 15 is 0 Å². The molecule has 0 bridgehead atoms. The van der Waals surface area contributed by atoms with E-state index in [0.717, 1.165) is 34.3 Å². The Kier molecular flexibility index (Phi) is 7.01. The first-order valence-corrected chi connectivity index (χ1v) is 10.3. The maximum atomic E-state index is 14.0. The van der Waals surface area contributed by atoms with Gasteiger partial charge < -0.3 is 15.2 Å². The zero-order chi connectivity index (χ0) is 24.3. The Morgan fingerprint density at radius 3 is 2.64 bits per heavy atom. The van der Waals surface area contributed by atoms with Gasteiger partial charge in [-0.2, -0.15) is 0 Å². The van der Waals surface area contributed by atoms with Crippen molar-refractivity contribution in [3.05, 3.63) is 62.5 Å². The van der Waals surface area contributed by atoms with Gasteiger partial charge in [0.05, 0.1) is 12.7 Å². The van der Waals surface area contributed by atoms with E-state index in [9.17, 15) is 28.3 Å². The first-order valence-electron chi connectivity index (χ1n) is 9.53. The highest BCUT2D eigenvalue weighted by Gasteiger charge is 2.27. The third-order valence-corrected chi connectivity index (χ3v) is 5.51. The molecule has 2 aromatic heterocycles. The van der Waals surface area contributed by atoms with E-state index in [1.807, 2.05) is 0 Å². The Hall–Kier alpha value is -3.87. The average molecular weight is 479 g/mol. The van der Waals surface area contributed by atoms with E-state index in [1.165, 1.54) is 20.2 Å². The molecule has 0 saturated heterocycles. The van der Waals surface area contributed by atoms with Gasteiger partial charge in [0.2, 0.25) is 5.43 Å². The Morgan fingerprint density at radius 1 is 1.30 bits per heavy atom. The van der Waals surface area contributed by atoms with Crippen LogP contribution in [-0.2, 0) is 6.42 Å². The van der Waals surface area contributed by atoms with Gasteiger partial charge in [0, 0.05) is 32.3 Å². The summed E-state index contributed by atoms with van der Waals surface area (Å²) in [5, 5.41) is 21.0. The van der Waals surface area contributed by atoms with Crippen LogP contribution in [0.2, 0.25) is 0 Å². The molecule has 0 saturated carbocycles. The summed E-state index contributed by atoms with van der Waals surface area (Å²) >= 11 is 0.962. The van der Waals surface area contributed by atoms with Crippen LogP contribution in [0.3, 0.4) is 0 Å². The number of carbonyl (C=O) groups excluding carboxylic acids is 1. The van der Waals surface area contributed by atoms with Crippen LogP contribution in [0.5, 0.6) is 5.75 Å². The molecular formula is C20H19F2N5O5S. The number of hydrogen-bond acceptors (Lipinski definition) is 7. The van der Waals surface area contributed by atoms with Gasteiger partial charge in [0.1, 0.15) is 16.6 Å². The maximum Gasteiger partial charge on any atom is 0.426 e. The fourth-order valence-electron chi connectivity index (χ4n) is 2.96. The topological polar surface area (TPSA) is 127 Å². The normalized spacial score (nSPS) is 10.7. The Labute approximate surface area is 190 Å². The summed E-state index contributed by atoms with van der Waals surface area (Å²) in [6.07, 6.45) is -0.255. The number of nitrogens with one attached hydrogen (secondary N) is 1. The molecule has 0 atom stereocenters. The van der Waals surface area contributed by atoms with E-state index in [2.05, 4.69) is 15.5 Å². The number of ether oxygens (including phenoxy) is 1. The average Bonchev–Trinajstić information content (AvgIpc) is 3.23. The third kappa shape index (κ3) is 4.82. The summed E-state index contributed by atoms with van der Waals surface area (Å²) in [4.78, 5) is 37.3. The molecule has 0 unspecified atom stereocenters. The summed E-state index contributed by atoms with van der Waals surface area (Å²) < 4.78 is 33.2.